The summed E-state index contributed by atoms with van der Waals surface area (Å²) in [5, 5.41) is 8.43. The molecule has 0 fully saturated rings. The van der Waals surface area contributed by atoms with Crippen LogP contribution in [0.2, 0.25) is 0 Å². The smallest absolute Gasteiger partial charge is 0.309 e. The molecule has 0 heterocycles. The maximum atomic E-state index is 9.00. The zero-order valence-corrected chi connectivity index (χ0v) is 5.57. The molecule has 8 heteroatoms. The predicted molar refractivity (Wildman–Crippen MR) is 38.7 cm³/mol. The van der Waals surface area contributed by atoms with Gasteiger partial charge in [-0.1, -0.05) is 7.43 Å². The maximum absolute atomic E-state index is 9.00. The molecule has 8 nitrogen and oxygen atoms in total. The Morgan fingerprint density at radius 2 is 1.55 bits per heavy atom. The third-order valence-corrected chi connectivity index (χ3v) is 0.0393. The molecule has 0 saturated heterocycles. The van der Waals surface area contributed by atoms with Crippen molar-refractivity contribution in [1.82, 2.24) is 12.3 Å². The molecule has 0 atom stereocenters. The van der Waals surface area contributed by atoms with Crippen LogP contribution in [0.5, 0.6) is 0 Å². The highest BCUT2D eigenvalue weighted by molar-refractivity contribution is 5.69. The van der Waals surface area contributed by atoms with Crippen molar-refractivity contribution in [3.8, 4) is 0 Å². The molecule has 0 rings (SSSR count). The van der Waals surface area contributed by atoms with E-state index in [1.54, 1.807) is 0 Å². The minimum Gasteiger partial charge on any atom is -0.662 e. The summed E-state index contributed by atoms with van der Waals surface area (Å²) in [6.07, 6.45) is 0. The highest BCUT2D eigenvalue weighted by Gasteiger charge is 1.60. The molecule has 0 radical (unpaired) electrons. The van der Waals surface area contributed by atoms with Crippen LogP contribution < -0.4 is 29.0 Å². The van der Waals surface area contributed by atoms with Gasteiger partial charge in [0, 0.05) is 0 Å². The molecule has 0 aliphatic heterocycles. The summed E-state index contributed by atoms with van der Waals surface area (Å²) in [5.74, 6) is 0. The van der Waals surface area contributed by atoms with E-state index in [2.05, 4.69) is 16.4 Å². The lowest BCUT2D eigenvalue weighted by Gasteiger charge is -1.88. The van der Waals surface area contributed by atoms with Crippen molar-refractivity contribution >= 4 is 12.5 Å². The maximum Gasteiger partial charge on any atom is 0.309 e. The quantitative estimate of drug-likeness (QED) is 0.215. The Kier molecular flexibility index (Phi) is 116. The zero-order chi connectivity index (χ0) is 6.99. The summed E-state index contributed by atoms with van der Waals surface area (Å²) < 4.78 is 0. The van der Waals surface area contributed by atoms with Crippen LogP contribution in [0.4, 0.5) is 4.79 Å². The van der Waals surface area contributed by atoms with Crippen LogP contribution in [0.15, 0.2) is 0 Å². The molecule has 0 aliphatic carbocycles. The number of primary amides is 2. The van der Waals surface area contributed by atoms with Gasteiger partial charge in [0.2, 0.25) is 0 Å². The summed E-state index contributed by atoms with van der Waals surface area (Å²) in [5.41, 5.74) is 8.50. The largest absolute Gasteiger partial charge is 0.662 e. The van der Waals surface area contributed by atoms with Crippen molar-refractivity contribution in [2.45, 2.75) is 7.43 Å². The Hall–Kier alpha value is -1.38. The van der Waals surface area contributed by atoms with Gasteiger partial charge in [-0.05, 0) is 0 Å². The first-order valence-corrected chi connectivity index (χ1v) is 1.42. The molecule has 0 aromatic rings. The van der Waals surface area contributed by atoms with E-state index in [4.69, 9.17) is 14.8 Å². The van der Waals surface area contributed by atoms with E-state index in [0.29, 0.717) is 0 Å². The normalized spacial score (nSPS) is 4.09. The van der Waals surface area contributed by atoms with Crippen LogP contribution in [0.25, 0.3) is 0 Å². The topological polar surface area (TPSA) is 190 Å². The van der Waals surface area contributed by atoms with E-state index in [9.17, 15) is 0 Å². The Balaban J connectivity index is -0.0000000171. The van der Waals surface area contributed by atoms with Crippen LogP contribution in [0.3, 0.4) is 0 Å². The fourth-order valence-electron chi connectivity index (χ4n) is 0. The van der Waals surface area contributed by atoms with E-state index in [1.807, 2.05) is 0 Å². The lowest BCUT2D eigenvalue weighted by Crippen LogP contribution is -2.18. The lowest BCUT2D eigenvalue weighted by molar-refractivity contribution is -0.652. The molecular formula is C3H16N4O4. The Bertz CT molecular complexity index is 73.7. The van der Waals surface area contributed by atoms with Gasteiger partial charge in [-0.2, -0.15) is 0 Å². The summed E-state index contributed by atoms with van der Waals surface area (Å²) in [7, 11) is 0. The number of amides is 2. The molecule has 0 unspecified atom stereocenters. The third-order valence-electron chi connectivity index (χ3n) is 0.0393. The number of quaternary nitrogens is 1. The van der Waals surface area contributed by atoms with E-state index >= 15 is 0 Å². The van der Waals surface area contributed by atoms with Crippen LogP contribution in [0, 0.1) is 0 Å². The van der Waals surface area contributed by atoms with Crippen LogP contribution in [0.1, 0.15) is 7.43 Å². The van der Waals surface area contributed by atoms with Crippen LogP contribution >= 0.6 is 0 Å². The first-order valence-electron chi connectivity index (χ1n) is 1.42. The minimum atomic E-state index is -0.833. The zero-order valence-electron chi connectivity index (χ0n) is 5.57. The van der Waals surface area contributed by atoms with Crippen LogP contribution in [-0.2, 0) is 9.68 Å². The number of nitrogens with two attached hydrogens (primary N) is 2. The second-order valence-corrected chi connectivity index (χ2v) is 0.595. The van der Waals surface area contributed by atoms with Gasteiger partial charge in [0.15, 0.2) is 0 Å². The number of rotatable bonds is 1. The first kappa shape index (κ1) is 33.5. The molecule has 0 spiro atoms. The highest BCUT2D eigenvalue weighted by Crippen LogP contribution is 1.25. The van der Waals surface area contributed by atoms with Gasteiger partial charge in [-0.3, -0.25) is 4.79 Å². The minimum absolute atomic E-state index is 0. The number of carbonyl (C=O) groups is 2. The molecule has 72 valence electrons. The van der Waals surface area contributed by atoms with Gasteiger partial charge in [0.05, 0.1) is 0 Å². The summed E-state index contributed by atoms with van der Waals surface area (Å²) in [4.78, 5) is 20.2. The van der Waals surface area contributed by atoms with Gasteiger partial charge in [0.1, 0.15) is 0 Å². The summed E-state index contributed by atoms with van der Waals surface area (Å²) >= 11 is 0. The van der Waals surface area contributed by atoms with Crippen molar-refractivity contribution < 1.29 is 19.7 Å². The van der Waals surface area contributed by atoms with Crippen molar-refractivity contribution in [2.75, 3.05) is 0 Å². The second kappa shape index (κ2) is 38.2. The van der Waals surface area contributed by atoms with Gasteiger partial charge in [-0.15, -0.1) is 0 Å². The Morgan fingerprint density at radius 1 is 1.45 bits per heavy atom. The van der Waals surface area contributed by atoms with Crippen LogP contribution in [-0.4, -0.2) is 12.5 Å². The molecule has 0 saturated carbocycles. The molecule has 0 aliphatic rings. The van der Waals surface area contributed by atoms with Crippen molar-refractivity contribution in [1.29, 1.82) is 0 Å². The standard InChI is InChI=1S/CH4N2O.CH2O3.CH4.2H3N/c2-1(3)4;2-1-4-3;;;/h(H4,2,3,4);1,3H;1H4;2*1H3. The molecule has 0 aromatic heterocycles. The van der Waals surface area contributed by atoms with Gasteiger partial charge in [-0.25, -0.2) is 4.79 Å². The molecule has 11 N–H and O–H groups in total. The lowest BCUT2D eigenvalue weighted by atomic mass is 11.2. The molecular weight excluding hydrogens is 156 g/mol. The second-order valence-electron chi connectivity index (χ2n) is 0.595. The molecule has 2 amide bonds. The average Bonchev–Trinajstić information content (AvgIpc) is 1.65. The highest BCUT2D eigenvalue weighted by atomic mass is 17.1. The summed E-state index contributed by atoms with van der Waals surface area (Å²) in [6.45, 7) is -0.181. The number of hydrogen-bond acceptors (Lipinski definition) is 5. The molecule has 0 aromatic carbocycles. The number of urea groups is 1. The summed E-state index contributed by atoms with van der Waals surface area (Å²) in [6, 6.07) is -0.833. The SMILES string of the molecule is C.N.NC(N)=O.O=CO[O-].[NH4+]. The Labute approximate surface area is 64.6 Å². The van der Waals surface area contributed by atoms with Gasteiger partial charge >= 0.3 is 6.03 Å². The van der Waals surface area contributed by atoms with E-state index in [-0.39, 0.29) is 26.2 Å². The van der Waals surface area contributed by atoms with Crippen molar-refractivity contribution in [3.63, 3.8) is 0 Å². The van der Waals surface area contributed by atoms with Crippen molar-refractivity contribution in [2.24, 2.45) is 11.5 Å². The molecule has 0 bridgehead atoms. The fraction of sp³-hybridized carbons (Fsp3) is 0.333. The first-order chi connectivity index (χ1) is 3.65. The van der Waals surface area contributed by atoms with Gasteiger partial charge in [0.25, 0.3) is 6.47 Å². The van der Waals surface area contributed by atoms with Crippen molar-refractivity contribution in [3.05, 3.63) is 0 Å². The average molecular weight is 172 g/mol. The third kappa shape index (κ3) is 2620. The number of hydrogen-bond donors (Lipinski definition) is 4. The monoisotopic (exact) mass is 172 g/mol. The van der Waals surface area contributed by atoms with E-state index in [1.165, 1.54) is 0 Å². The van der Waals surface area contributed by atoms with E-state index < -0.39 is 6.03 Å². The molecule has 11 heavy (non-hydrogen) atoms. The predicted octanol–water partition coefficient (Wildman–Crippen LogP) is -1.37. The fourth-order valence-corrected chi connectivity index (χ4v) is 0. The Morgan fingerprint density at radius 3 is 1.55 bits per heavy atom. The van der Waals surface area contributed by atoms with E-state index in [0.717, 1.165) is 0 Å². The number of carbonyl (C=O) groups excluding carboxylic acids is 2. The van der Waals surface area contributed by atoms with Gasteiger partial charge < -0.3 is 33.9 Å².